The molecule has 0 atom stereocenters. The molecule has 1 fully saturated rings. The summed E-state index contributed by atoms with van der Waals surface area (Å²) in [6, 6.07) is 0. The van der Waals surface area contributed by atoms with Gasteiger partial charge in [-0.2, -0.15) is 184 Å². The summed E-state index contributed by atoms with van der Waals surface area (Å²) in [7, 11) is 0. The Labute approximate surface area is 355 Å². The summed E-state index contributed by atoms with van der Waals surface area (Å²) in [6.45, 7) is 2.15. The molecule has 0 aromatic rings. The third-order valence-electron chi connectivity index (χ3n) is 9.33. The van der Waals surface area contributed by atoms with Crippen molar-refractivity contribution in [2.45, 2.75) is 137 Å². The van der Waals surface area contributed by atoms with E-state index in [1.165, 1.54) is 0 Å². The van der Waals surface area contributed by atoms with Crippen molar-refractivity contribution in [3.05, 3.63) is 12.2 Å². The van der Waals surface area contributed by atoms with Crippen LogP contribution in [0.15, 0.2) is 12.2 Å². The molecule has 0 radical (unpaired) electrons. The van der Waals surface area contributed by atoms with Crippen LogP contribution in [0.5, 0.6) is 0 Å². The predicted molar refractivity (Wildman–Crippen MR) is 129 cm³/mol. The number of ether oxygens (including phenoxy) is 1. The van der Waals surface area contributed by atoms with Crippen LogP contribution in [0.3, 0.4) is 0 Å². The van der Waals surface area contributed by atoms with Crippen LogP contribution in [0.1, 0.15) is 6.92 Å². The number of carbonyl (C=O) groups excluding carboxylic acids is 1. The van der Waals surface area contributed by atoms with Gasteiger partial charge in [0.2, 0.25) is 0 Å². The van der Waals surface area contributed by atoms with Crippen molar-refractivity contribution in [1.29, 1.82) is 0 Å². The number of carbonyl (C=O) groups is 1. The molecule has 0 aliphatic heterocycles. The summed E-state index contributed by atoms with van der Waals surface area (Å²) in [4.78, 5) is 10.9. The van der Waals surface area contributed by atoms with E-state index in [-0.39, 0.29) is 6.92 Å². The van der Waals surface area contributed by atoms with Gasteiger partial charge in [-0.1, -0.05) is 6.58 Å². The fraction of sp³-hybridized carbons (Fsp3) is 0.885. The minimum Gasteiger partial charge on any atom is -0.393 e. The molecular formula is C26H5F43O2. The molecule has 45 heteroatoms. The van der Waals surface area contributed by atoms with Crippen LogP contribution in [-0.4, -0.2) is 136 Å². The number of halogens is 43. The van der Waals surface area contributed by atoms with Crippen molar-refractivity contribution in [2.75, 3.05) is 0 Å². The third kappa shape index (κ3) is 6.61. The molecule has 0 aromatic carbocycles. The van der Waals surface area contributed by atoms with Gasteiger partial charge in [0.15, 0.2) is 0 Å². The Balaban J connectivity index is 4.63. The molecule has 0 amide bonds. The van der Waals surface area contributed by atoms with E-state index in [4.69, 9.17) is 0 Å². The lowest BCUT2D eigenvalue weighted by molar-refractivity contribution is -0.522. The lowest BCUT2D eigenvalue weighted by atomic mass is 9.69. The van der Waals surface area contributed by atoms with Crippen LogP contribution < -0.4 is 0 Å². The van der Waals surface area contributed by atoms with Gasteiger partial charge >= 0.3 is 136 Å². The molecule has 422 valence electrons. The van der Waals surface area contributed by atoms with Crippen molar-refractivity contribution in [2.24, 2.45) is 0 Å². The van der Waals surface area contributed by atoms with Crippen LogP contribution in [0, 0.1) is 0 Å². The number of hydrogen-bond donors (Lipinski definition) is 0. The first-order valence-electron chi connectivity index (χ1n) is 15.3. The Morgan fingerprint density at radius 1 is 0.296 bits per heavy atom. The zero-order valence-electron chi connectivity index (χ0n) is 30.8. The van der Waals surface area contributed by atoms with E-state index in [0.29, 0.717) is 0 Å². The van der Waals surface area contributed by atoms with Crippen molar-refractivity contribution in [1.82, 2.24) is 0 Å². The molecule has 2 nitrogen and oxygen atoms in total. The summed E-state index contributed by atoms with van der Waals surface area (Å²) in [5.41, 5.74) is -13.5. The largest absolute Gasteiger partial charge is 0.473 e. The Hall–Kier alpha value is -3.80. The zero-order chi connectivity index (χ0) is 58.9. The highest BCUT2D eigenvalue weighted by atomic mass is 19.4. The average Bonchev–Trinajstić information content (AvgIpc) is 3.14. The third-order valence-corrected chi connectivity index (χ3v) is 9.33. The first kappa shape index (κ1) is 65.2. The smallest absolute Gasteiger partial charge is 0.393 e. The normalized spacial score (nSPS) is 24.2. The molecule has 0 spiro atoms. The fourth-order valence-corrected chi connectivity index (χ4v) is 4.85. The van der Waals surface area contributed by atoms with E-state index in [1.807, 2.05) is 0 Å². The Morgan fingerprint density at radius 3 is 0.634 bits per heavy atom. The lowest BCUT2D eigenvalue weighted by Crippen LogP contribution is -2.88. The molecule has 1 rings (SSSR count). The van der Waals surface area contributed by atoms with Crippen molar-refractivity contribution in [3.63, 3.8) is 0 Å². The Kier molecular flexibility index (Phi) is 14.1. The molecule has 0 aromatic heterocycles. The second kappa shape index (κ2) is 15.4. The maximum absolute atomic E-state index is 15.4. The summed E-state index contributed by atoms with van der Waals surface area (Å²) < 4.78 is 613. The number of esters is 1. The lowest BCUT2D eigenvalue weighted by Gasteiger charge is -2.54. The summed E-state index contributed by atoms with van der Waals surface area (Å²) in [5.74, 6) is -214. The molecule has 0 bridgehead atoms. The molecule has 1 aliphatic rings. The van der Waals surface area contributed by atoms with Crippen LogP contribution in [-0.2, 0) is 9.53 Å². The van der Waals surface area contributed by atoms with Gasteiger partial charge in [0.25, 0.3) is 0 Å². The van der Waals surface area contributed by atoms with Crippen LogP contribution in [0.4, 0.5) is 189 Å². The van der Waals surface area contributed by atoms with Crippen molar-refractivity contribution in [3.8, 4) is 0 Å². The van der Waals surface area contributed by atoms with Gasteiger partial charge in [-0.25, -0.2) is 9.18 Å². The SMILES string of the molecule is C=C(C)C(=O)OC(F)(F)C(F)(F)C(F)(F)C(F)(F)C(F)(F)C(F)(F)C(F)(F)C(F)(F)C(F)(F)C(F)(F)C(F)(F)C(F)(F)C1(F)C(F)(F)C(F)(F)C(F)(F)C(F)(F)C(F)(F)C(F)(F)C(F)(F)C(F)(F)C1(F)F. The number of rotatable bonds is 14. The first-order chi connectivity index (χ1) is 29.8. The summed E-state index contributed by atoms with van der Waals surface area (Å²) in [5, 5.41) is 0. The van der Waals surface area contributed by atoms with E-state index in [2.05, 4.69) is 11.3 Å². The van der Waals surface area contributed by atoms with Gasteiger partial charge in [0.05, 0.1) is 0 Å². The Bertz CT molecular complexity index is 2010. The predicted octanol–water partition coefficient (Wildman–Crippen LogP) is 14.1. The second-order valence-electron chi connectivity index (χ2n) is 13.8. The van der Waals surface area contributed by atoms with E-state index in [9.17, 15) is 189 Å². The number of alkyl halides is 43. The minimum absolute atomic E-state index is 0.0184. The summed E-state index contributed by atoms with van der Waals surface area (Å²) >= 11 is 0. The van der Waals surface area contributed by atoms with E-state index in [1.54, 1.807) is 0 Å². The first-order valence-corrected chi connectivity index (χ1v) is 15.3. The molecule has 0 N–H and O–H groups in total. The van der Waals surface area contributed by atoms with E-state index < -0.39 is 142 Å². The van der Waals surface area contributed by atoms with Crippen molar-refractivity contribution < 1.29 is 198 Å². The topological polar surface area (TPSA) is 26.3 Å². The van der Waals surface area contributed by atoms with Crippen molar-refractivity contribution >= 4 is 5.97 Å². The van der Waals surface area contributed by atoms with Gasteiger partial charge in [0, 0.05) is 5.57 Å². The van der Waals surface area contributed by atoms with Gasteiger partial charge in [-0.3, -0.25) is 0 Å². The molecule has 0 saturated heterocycles. The fourth-order valence-electron chi connectivity index (χ4n) is 4.85. The highest BCUT2D eigenvalue weighted by molar-refractivity contribution is 5.87. The maximum Gasteiger partial charge on any atom is 0.473 e. The highest BCUT2D eigenvalue weighted by Gasteiger charge is 3.09. The molecule has 0 unspecified atom stereocenters. The van der Waals surface area contributed by atoms with Gasteiger partial charge < -0.3 is 4.74 Å². The second-order valence-corrected chi connectivity index (χ2v) is 13.8. The van der Waals surface area contributed by atoms with E-state index in [0.717, 1.165) is 0 Å². The molecular weight excluding hydrogens is 1160 g/mol. The van der Waals surface area contributed by atoms with Gasteiger partial charge in [0.1, 0.15) is 0 Å². The zero-order valence-corrected chi connectivity index (χ0v) is 30.8. The van der Waals surface area contributed by atoms with Crippen LogP contribution in [0.25, 0.3) is 0 Å². The molecule has 1 saturated carbocycles. The molecule has 1 aliphatic carbocycles. The van der Waals surface area contributed by atoms with Gasteiger partial charge in [-0.05, 0) is 6.92 Å². The summed E-state index contributed by atoms with van der Waals surface area (Å²) in [6.07, 6.45) is -8.03. The molecule has 0 heterocycles. The van der Waals surface area contributed by atoms with E-state index >= 15 is 4.39 Å². The van der Waals surface area contributed by atoms with Gasteiger partial charge in [-0.15, -0.1) is 0 Å². The molecule has 71 heavy (non-hydrogen) atoms. The maximum atomic E-state index is 15.4. The quantitative estimate of drug-likeness (QED) is 0.0984. The number of hydrogen-bond acceptors (Lipinski definition) is 2. The monoisotopic (exact) mass is 1170 g/mol. The Morgan fingerprint density at radius 2 is 0.451 bits per heavy atom. The average molecular weight is 1170 g/mol. The highest BCUT2D eigenvalue weighted by Crippen LogP contribution is 2.76. The standard InChI is InChI=1S/C26H5F43O2/c1-3(2)4(70)71-26(68,69)25(66,67)24(64,65)23(62,63)22(60,61)21(58,59)20(56,57)19(54,55)17(50,51)14(44,45)11(38,39)8(32,33)5(27)6(28,29)9(34,35)12(40,41)15(46,47)18(52,53)16(48,49)13(42,43)10(36,37)7(5,30)31/h1H2,2H3. The van der Waals surface area contributed by atoms with Crippen LogP contribution in [0.2, 0.25) is 0 Å². The van der Waals surface area contributed by atoms with Crippen LogP contribution >= 0.6 is 0 Å². The minimum atomic E-state index is -11.7.